The molecular formula is C18H26F3N3O3. The number of alkyl halides is 3. The monoisotopic (exact) mass is 389 g/mol. The van der Waals surface area contributed by atoms with Crippen molar-refractivity contribution in [3.05, 3.63) is 29.8 Å². The molecule has 1 fully saturated rings. The Morgan fingerprint density at radius 2 is 2.04 bits per heavy atom. The van der Waals surface area contributed by atoms with E-state index >= 15 is 0 Å². The highest BCUT2D eigenvalue weighted by Crippen LogP contribution is 2.18. The highest BCUT2D eigenvalue weighted by molar-refractivity contribution is 5.79. The van der Waals surface area contributed by atoms with Crippen molar-refractivity contribution in [2.24, 2.45) is 4.99 Å². The van der Waals surface area contributed by atoms with Gasteiger partial charge in [-0.3, -0.25) is 4.99 Å². The van der Waals surface area contributed by atoms with Gasteiger partial charge in [-0.25, -0.2) is 0 Å². The molecular weight excluding hydrogens is 363 g/mol. The average molecular weight is 389 g/mol. The number of halogens is 3. The molecule has 152 valence electrons. The molecule has 1 saturated heterocycles. The van der Waals surface area contributed by atoms with Gasteiger partial charge in [-0.2, -0.15) is 13.2 Å². The highest BCUT2D eigenvalue weighted by atomic mass is 19.4. The number of nitrogens with one attached hydrogen (secondary N) is 2. The SMILES string of the molecule is CN=C(NCCOCC1CCCO1)NCc1ccc(OCC(F)(F)F)cc1. The van der Waals surface area contributed by atoms with Gasteiger partial charge in [0.25, 0.3) is 0 Å². The van der Waals surface area contributed by atoms with Gasteiger partial charge >= 0.3 is 6.18 Å². The lowest BCUT2D eigenvalue weighted by molar-refractivity contribution is -0.153. The van der Waals surface area contributed by atoms with Crippen molar-refractivity contribution < 1.29 is 27.4 Å². The lowest BCUT2D eigenvalue weighted by Gasteiger charge is -2.14. The maximum Gasteiger partial charge on any atom is 0.422 e. The first-order valence-corrected chi connectivity index (χ1v) is 8.88. The molecule has 0 bridgehead atoms. The van der Waals surface area contributed by atoms with E-state index in [1.807, 2.05) is 0 Å². The molecule has 1 atom stereocenters. The summed E-state index contributed by atoms with van der Waals surface area (Å²) in [7, 11) is 1.66. The number of benzene rings is 1. The van der Waals surface area contributed by atoms with E-state index in [9.17, 15) is 13.2 Å². The van der Waals surface area contributed by atoms with Crippen LogP contribution in [0.5, 0.6) is 5.75 Å². The van der Waals surface area contributed by atoms with E-state index in [1.54, 1.807) is 19.2 Å². The Kier molecular flexibility index (Phi) is 8.66. The van der Waals surface area contributed by atoms with Crippen LogP contribution in [0.25, 0.3) is 0 Å². The van der Waals surface area contributed by atoms with Gasteiger partial charge in [0.2, 0.25) is 0 Å². The molecule has 0 spiro atoms. The molecule has 0 radical (unpaired) electrons. The summed E-state index contributed by atoms with van der Waals surface area (Å²) < 4.78 is 52.1. The number of aliphatic imine (C=N–C) groups is 1. The second-order valence-electron chi connectivity index (χ2n) is 6.11. The van der Waals surface area contributed by atoms with E-state index in [0.717, 1.165) is 25.0 Å². The van der Waals surface area contributed by atoms with E-state index < -0.39 is 12.8 Å². The number of rotatable bonds is 9. The number of ether oxygens (including phenoxy) is 3. The molecule has 0 amide bonds. The Morgan fingerprint density at radius 3 is 2.67 bits per heavy atom. The molecule has 9 heteroatoms. The smallest absolute Gasteiger partial charge is 0.422 e. The zero-order chi connectivity index (χ0) is 19.5. The van der Waals surface area contributed by atoms with E-state index in [4.69, 9.17) is 9.47 Å². The lowest BCUT2D eigenvalue weighted by atomic mass is 10.2. The molecule has 2 N–H and O–H groups in total. The van der Waals surface area contributed by atoms with Gasteiger partial charge in [0.15, 0.2) is 12.6 Å². The van der Waals surface area contributed by atoms with Crippen LogP contribution >= 0.6 is 0 Å². The summed E-state index contributed by atoms with van der Waals surface area (Å²) in [6.45, 7) is 1.77. The molecule has 0 aliphatic carbocycles. The normalized spacial score (nSPS) is 17.8. The zero-order valence-electron chi connectivity index (χ0n) is 15.3. The van der Waals surface area contributed by atoms with E-state index in [1.165, 1.54) is 12.1 Å². The Morgan fingerprint density at radius 1 is 1.26 bits per heavy atom. The van der Waals surface area contributed by atoms with Crippen molar-refractivity contribution in [2.75, 3.05) is 40.0 Å². The minimum atomic E-state index is -4.34. The van der Waals surface area contributed by atoms with Crippen molar-refractivity contribution in [2.45, 2.75) is 31.7 Å². The van der Waals surface area contributed by atoms with Crippen molar-refractivity contribution in [1.29, 1.82) is 0 Å². The van der Waals surface area contributed by atoms with Crippen LogP contribution in [-0.2, 0) is 16.0 Å². The maximum atomic E-state index is 12.1. The lowest BCUT2D eigenvalue weighted by Crippen LogP contribution is -2.38. The molecule has 1 aliphatic rings. The first-order valence-electron chi connectivity index (χ1n) is 8.88. The first kappa shape index (κ1) is 21.3. The Hall–Kier alpha value is -2.00. The first-order chi connectivity index (χ1) is 13.0. The number of hydrogen-bond donors (Lipinski definition) is 2. The molecule has 1 aromatic rings. The zero-order valence-corrected chi connectivity index (χ0v) is 15.3. The molecule has 2 rings (SSSR count). The van der Waals surface area contributed by atoms with Gasteiger partial charge in [0.1, 0.15) is 5.75 Å². The predicted molar refractivity (Wildman–Crippen MR) is 96.0 cm³/mol. The van der Waals surface area contributed by atoms with E-state index in [-0.39, 0.29) is 11.9 Å². The second-order valence-corrected chi connectivity index (χ2v) is 6.11. The minimum Gasteiger partial charge on any atom is -0.484 e. The predicted octanol–water partition coefficient (Wildman–Crippen LogP) is 2.49. The van der Waals surface area contributed by atoms with Crippen LogP contribution in [0.2, 0.25) is 0 Å². The van der Waals surface area contributed by atoms with Crippen molar-refractivity contribution in [1.82, 2.24) is 10.6 Å². The summed E-state index contributed by atoms with van der Waals surface area (Å²) in [6, 6.07) is 6.43. The second kappa shape index (κ2) is 11.0. The summed E-state index contributed by atoms with van der Waals surface area (Å²) in [6.07, 6.45) is -1.98. The molecule has 0 saturated carbocycles. The molecule has 6 nitrogen and oxygen atoms in total. The topological polar surface area (TPSA) is 64.1 Å². The Balaban J connectivity index is 1.61. The molecule has 0 aromatic heterocycles. The summed E-state index contributed by atoms with van der Waals surface area (Å²) in [5.74, 6) is 0.801. The maximum absolute atomic E-state index is 12.1. The number of hydrogen-bond acceptors (Lipinski definition) is 4. The number of nitrogens with zero attached hydrogens (tertiary/aromatic N) is 1. The summed E-state index contributed by atoms with van der Waals surface area (Å²) in [5.41, 5.74) is 0.895. The van der Waals surface area contributed by atoms with Crippen molar-refractivity contribution >= 4 is 5.96 Å². The fourth-order valence-electron chi connectivity index (χ4n) is 2.51. The van der Waals surface area contributed by atoms with Crippen molar-refractivity contribution in [3.63, 3.8) is 0 Å². The van der Waals surface area contributed by atoms with Crippen LogP contribution in [0.15, 0.2) is 29.3 Å². The van der Waals surface area contributed by atoms with E-state index in [0.29, 0.717) is 32.3 Å². The van der Waals surface area contributed by atoms with Crippen LogP contribution < -0.4 is 15.4 Å². The average Bonchev–Trinajstić information content (AvgIpc) is 3.16. The van der Waals surface area contributed by atoms with Gasteiger partial charge in [0.05, 0.1) is 19.3 Å². The number of guanidine groups is 1. The standard InChI is InChI=1S/C18H26F3N3O3/c1-22-17(23-8-10-25-12-16-3-2-9-26-16)24-11-14-4-6-15(7-5-14)27-13-18(19,20)21/h4-7,16H,2-3,8-13H2,1H3,(H2,22,23,24). The Bertz CT molecular complexity index is 573. The summed E-state index contributed by atoms with van der Waals surface area (Å²) in [4.78, 5) is 4.12. The summed E-state index contributed by atoms with van der Waals surface area (Å²) in [5, 5.41) is 6.27. The minimum absolute atomic E-state index is 0.182. The fourth-order valence-corrected chi connectivity index (χ4v) is 2.51. The van der Waals surface area contributed by atoms with Crippen LogP contribution in [0, 0.1) is 0 Å². The summed E-state index contributed by atoms with van der Waals surface area (Å²) >= 11 is 0. The third kappa shape index (κ3) is 8.96. The molecule has 1 heterocycles. The molecule has 1 aromatic carbocycles. The van der Waals surface area contributed by atoms with Crippen LogP contribution in [0.1, 0.15) is 18.4 Å². The van der Waals surface area contributed by atoms with E-state index in [2.05, 4.69) is 20.4 Å². The van der Waals surface area contributed by atoms with Gasteiger partial charge in [-0.1, -0.05) is 12.1 Å². The van der Waals surface area contributed by atoms with Gasteiger partial charge in [0, 0.05) is 26.7 Å². The molecule has 1 aliphatic heterocycles. The van der Waals surface area contributed by atoms with Gasteiger partial charge < -0.3 is 24.8 Å². The van der Waals surface area contributed by atoms with Crippen LogP contribution in [0.3, 0.4) is 0 Å². The van der Waals surface area contributed by atoms with Crippen LogP contribution in [0.4, 0.5) is 13.2 Å². The Labute approximate surface area is 157 Å². The van der Waals surface area contributed by atoms with Gasteiger partial charge in [-0.15, -0.1) is 0 Å². The highest BCUT2D eigenvalue weighted by Gasteiger charge is 2.28. The third-order valence-electron chi connectivity index (χ3n) is 3.88. The molecule has 1 unspecified atom stereocenters. The van der Waals surface area contributed by atoms with Crippen LogP contribution in [-0.4, -0.2) is 58.3 Å². The van der Waals surface area contributed by atoms with Crippen molar-refractivity contribution in [3.8, 4) is 5.75 Å². The molecule has 27 heavy (non-hydrogen) atoms. The quantitative estimate of drug-likeness (QED) is 0.386. The third-order valence-corrected chi connectivity index (χ3v) is 3.88. The largest absolute Gasteiger partial charge is 0.484 e. The van der Waals surface area contributed by atoms with Gasteiger partial charge in [-0.05, 0) is 30.5 Å². The fraction of sp³-hybridized carbons (Fsp3) is 0.611.